The predicted molar refractivity (Wildman–Crippen MR) is 64.0 cm³/mol. The topological polar surface area (TPSA) is 68.5 Å². The normalized spacial score (nSPS) is 25.2. The van der Waals surface area contributed by atoms with Crippen molar-refractivity contribution >= 4 is 11.3 Å². The Bertz CT molecular complexity index is 371. The van der Waals surface area contributed by atoms with E-state index in [0.29, 0.717) is 19.7 Å². The second-order valence-electron chi connectivity index (χ2n) is 4.08. The zero-order chi connectivity index (χ0) is 12.3. The summed E-state index contributed by atoms with van der Waals surface area (Å²) in [7, 11) is 1.64. The molecule has 1 aliphatic heterocycles. The van der Waals surface area contributed by atoms with E-state index < -0.39 is 6.04 Å². The first kappa shape index (κ1) is 12.4. The number of methoxy groups -OCH3 is 1. The predicted octanol–water partition coefficient (Wildman–Crippen LogP) is 0.834. The Labute approximate surface area is 103 Å². The van der Waals surface area contributed by atoms with Crippen molar-refractivity contribution in [2.45, 2.75) is 12.0 Å². The Morgan fingerprint density at radius 2 is 2.53 bits per heavy atom. The molecule has 2 atom stereocenters. The van der Waals surface area contributed by atoms with E-state index in [2.05, 4.69) is 9.88 Å². The molecule has 0 spiro atoms. The summed E-state index contributed by atoms with van der Waals surface area (Å²) in [6, 6.07) is -0.544. The van der Waals surface area contributed by atoms with Gasteiger partial charge in [-0.15, -0.1) is 11.3 Å². The average Bonchev–Trinajstić information content (AvgIpc) is 2.94. The van der Waals surface area contributed by atoms with Crippen LogP contribution in [0.1, 0.15) is 10.9 Å². The van der Waals surface area contributed by atoms with Crippen molar-refractivity contribution in [3.63, 3.8) is 0 Å². The van der Waals surface area contributed by atoms with Gasteiger partial charge in [0.05, 0.1) is 19.1 Å². The molecule has 1 aromatic rings. The molecule has 1 aliphatic rings. The van der Waals surface area contributed by atoms with E-state index >= 15 is 0 Å². The van der Waals surface area contributed by atoms with Gasteiger partial charge in [0.15, 0.2) is 0 Å². The number of aromatic nitrogens is 1. The third-order valence-corrected chi connectivity index (χ3v) is 3.92. The fraction of sp³-hybridized carbons (Fsp3) is 0.700. The van der Waals surface area contributed by atoms with Crippen molar-refractivity contribution in [3.05, 3.63) is 26.7 Å². The van der Waals surface area contributed by atoms with E-state index in [9.17, 15) is 10.1 Å². The zero-order valence-electron chi connectivity index (χ0n) is 9.61. The Morgan fingerprint density at radius 1 is 1.71 bits per heavy atom. The van der Waals surface area contributed by atoms with E-state index in [1.54, 1.807) is 13.3 Å². The van der Waals surface area contributed by atoms with Crippen LogP contribution in [0.4, 0.5) is 0 Å². The lowest BCUT2D eigenvalue weighted by molar-refractivity contribution is -0.521. The van der Waals surface area contributed by atoms with Crippen LogP contribution >= 0.6 is 11.3 Å². The minimum absolute atomic E-state index is 0.0816. The maximum atomic E-state index is 11.1. The number of nitrogens with zero attached hydrogens (tertiary/aromatic N) is 3. The van der Waals surface area contributed by atoms with Gasteiger partial charge in [-0.3, -0.25) is 15.0 Å². The fourth-order valence-electron chi connectivity index (χ4n) is 2.14. The number of hydrogen-bond donors (Lipinski definition) is 0. The molecule has 1 aromatic heterocycles. The number of thiazole rings is 1. The van der Waals surface area contributed by atoms with E-state index in [4.69, 9.17) is 4.74 Å². The van der Waals surface area contributed by atoms with E-state index in [1.807, 2.05) is 5.38 Å². The van der Waals surface area contributed by atoms with E-state index in [-0.39, 0.29) is 10.8 Å². The van der Waals surface area contributed by atoms with Crippen LogP contribution in [0.3, 0.4) is 0 Å². The van der Waals surface area contributed by atoms with Gasteiger partial charge in [-0.25, -0.2) is 4.98 Å². The van der Waals surface area contributed by atoms with Crippen LogP contribution in [-0.2, 0) is 4.74 Å². The van der Waals surface area contributed by atoms with Crippen LogP contribution in [0.25, 0.3) is 0 Å². The summed E-state index contributed by atoms with van der Waals surface area (Å²) in [5.74, 6) is -0.0816. The highest BCUT2D eigenvalue weighted by Crippen LogP contribution is 2.30. The molecule has 1 fully saturated rings. The highest BCUT2D eigenvalue weighted by molar-refractivity contribution is 7.09. The van der Waals surface area contributed by atoms with Crippen molar-refractivity contribution in [1.29, 1.82) is 0 Å². The SMILES string of the molecule is COCCN1C[C@@H]([N+](=O)[O-])[C@H](c2nccs2)C1. The first-order valence-corrected chi connectivity index (χ1v) is 6.34. The van der Waals surface area contributed by atoms with Crippen molar-refractivity contribution in [2.24, 2.45) is 0 Å². The van der Waals surface area contributed by atoms with Crippen LogP contribution in [0.2, 0.25) is 0 Å². The van der Waals surface area contributed by atoms with Crippen LogP contribution in [-0.4, -0.2) is 54.2 Å². The third kappa shape index (κ3) is 2.80. The Hall–Kier alpha value is -1.05. The van der Waals surface area contributed by atoms with Crippen LogP contribution in [0, 0.1) is 10.1 Å². The van der Waals surface area contributed by atoms with Gasteiger partial charge in [-0.1, -0.05) is 0 Å². The standard InChI is InChI=1S/C10H15N3O3S/c1-16-4-3-12-6-8(9(7-12)13(14)15)10-11-2-5-17-10/h2,5,8-9H,3-4,6-7H2,1H3/t8-,9-/m1/s1. The van der Waals surface area contributed by atoms with Crippen LogP contribution < -0.4 is 0 Å². The molecule has 2 rings (SSSR count). The Morgan fingerprint density at radius 3 is 3.12 bits per heavy atom. The highest BCUT2D eigenvalue weighted by atomic mass is 32.1. The van der Waals surface area contributed by atoms with Gasteiger partial charge in [0, 0.05) is 36.7 Å². The van der Waals surface area contributed by atoms with Crippen molar-refractivity contribution < 1.29 is 9.66 Å². The lowest BCUT2D eigenvalue weighted by Crippen LogP contribution is -2.29. The number of ether oxygens (including phenoxy) is 1. The number of likely N-dealkylation sites (tertiary alicyclic amines) is 1. The van der Waals surface area contributed by atoms with Crippen molar-refractivity contribution in [1.82, 2.24) is 9.88 Å². The molecular formula is C10H15N3O3S. The number of nitro groups is 1. The Kier molecular flexibility index (Phi) is 4.03. The van der Waals surface area contributed by atoms with Crippen LogP contribution in [0.15, 0.2) is 11.6 Å². The second-order valence-corrected chi connectivity index (χ2v) is 5.01. The van der Waals surface area contributed by atoms with Gasteiger partial charge >= 0.3 is 0 Å². The molecule has 0 aliphatic carbocycles. The third-order valence-electron chi connectivity index (χ3n) is 3.02. The Balaban J connectivity index is 2.06. The molecule has 0 aromatic carbocycles. The molecule has 0 bridgehead atoms. The minimum atomic E-state index is -0.544. The first-order valence-electron chi connectivity index (χ1n) is 5.46. The maximum absolute atomic E-state index is 11.1. The quantitative estimate of drug-likeness (QED) is 0.577. The van der Waals surface area contributed by atoms with Gasteiger partial charge in [0.25, 0.3) is 0 Å². The van der Waals surface area contributed by atoms with Crippen molar-refractivity contribution in [3.8, 4) is 0 Å². The monoisotopic (exact) mass is 257 g/mol. The smallest absolute Gasteiger partial charge is 0.235 e. The summed E-state index contributed by atoms with van der Waals surface area (Å²) in [6.45, 7) is 2.53. The molecule has 0 unspecified atom stereocenters. The number of rotatable bonds is 5. The molecule has 0 radical (unpaired) electrons. The van der Waals surface area contributed by atoms with Gasteiger partial charge in [0.2, 0.25) is 6.04 Å². The summed E-state index contributed by atoms with van der Waals surface area (Å²) in [5.41, 5.74) is 0. The molecule has 94 valence electrons. The fourth-order valence-corrected chi connectivity index (χ4v) is 2.93. The largest absolute Gasteiger partial charge is 0.383 e. The summed E-state index contributed by atoms with van der Waals surface area (Å²) in [5, 5.41) is 13.8. The van der Waals surface area contributed by atoms with Gasteiger partial charge < -0.3 is 4.74 Å². The minimum Gasteiger partial charge on any atom is -0.383 e. The summed E-state index contributed by atoms with van der Waals surface area (Å²) >= 11 is 1.49. The molecule has 0 saturated carbocycles. The second kappa shape index (κ2) is 5.52. The highest BCUT2D eigenvalue weighted by Gasteiger charge is 2.42. The molecule has 6 nitrogen and oxygen atoms in total. The molecular weight excluding hydrogens is 242 g/mol. The summed E-state index contributed by atoms with van der Waals surface area (Å²) < 4.78 is 5.00. The maximum Gasteiger partial charge on any atom is 0.235 e. The number of hydrogen-bond acceptors (Lipinski definition) is 6. The summed E-state index contributed by atoms with van der Waals surface area (Å²) in [4.78, 5) is 17.1. The average molecular weight is 257 g/mol. The van der Waals surface area contributed by atoms with Crippen molar-refractivity contribution in [2.75, 3.05) is 33.4 Å². The lowest BCUT2D eigenvalue weighted by Gasteiger charge is -2.12. The van der Waals surface area contributed by atoms with Gasteiger partial charge in [0.1, 0.15) is 5.01 Å². The van der Waals surface area contributed by atoms with E-state index in [0.717, 1.165) is 11.6 Å². The van der Waals surface area contributed by atoms with Gasteiger partial charge in [-0.05, 0) is 0 Å². The molecule has 17 heavy (non-hydrogen) atoms. The molecule has 0 N–H and O–H groups in total. The molecule has 1 saturated heterocycles. The van der Waals surface area contributed by atoms with Crippen LogP contribution in [0.5, 0.6) is 0 Å². The molecule has 0 amide bonds. The molecule has 2 heterocycles. The van der Waals surface area contributed by atoms with E-state index in [1.165, 1.54) is 11.3 Å². The van der Waals surface area contributed by atoms with Gasteiger partial charge in [-0.2, -0.15) is 0 Å². The first-order chi connectivity index (χ1) is 8.22. The lowest BCUT2D eigenvalue weighted by atomic mass is 10.1. The molecule has 7 heteroatoms. The zero-order valence-corrected chi connectivity index (χ0v) is 10.4. The summed E-state index contributed by atoms with van der Waals surface area (Å²) in [6.07, 6.45) is 1.70.